The Hall–Kier alpha value is -0.473. The predicted octanol–water partition coefficient (Wildman–Crippen LogP) is 3.48. The molecule has 0 heterocycles. The lowest BCUT2D eigenvalue weighted by Crippen LogP contribution is -2.18. The van der Waals surface area contributed by atoms with E-state index in [1.807, 2.05) is 24.3 Å². The number of hydrogen-bond donors (Lipinski definition) is 0. The van der Waals surface area contributed by atoms with Crippen LogP contribution in [0.15, 0.2) is 24.3 Å². The molecule has 0 saturated carbocycles. The molecule has 0 aliphatic carbocycles. The summed E-state index contributed by atoms with van der Waals surface area (Å²) >= 11 is 5.98. The Bertz CT molecular complexity index is 261. The van der Waals surface area contributed by atoms with Gasteiger partial charge in [-0.3, -0.25) is 0 Å². The van der Waals surface area contributed by atoms with E-state index in [-0.39, 0.29) is 0 Å². The Morgan fingerprint density at radius 1 is 1.23 bits per heavy atom. The summed E-state index contributed by atoms with van der Waals surface area (Å²) in [4.78, 5) is 0. The van der Waals surface area contributed by atoms with E-state index in [4.69, 9.17) is 16.0 Å². The molecule has 0 radical (unpaired) electrons. The number of halogens is 1. The zero-order chi connectivity index (χ0) is 9.68. The first-order valence-electron chi connectivity index (χ1n) is 4.69. The molecule has 1 nitrogen and oxygen atoms in total. The molecule has 0 aromatic heterocycles. The van der Waals surface area contributed by atoms with Crippen LogP contribution < -0.4 is 4.43 Å². The van der Waals surface area contributed by atoms with Crippen LogP contribution in [0.4, 0.5) is 0 Å². The average molecular weight is 215 g/mol. The zero-order valence-electron chi connectivity index (χ0n) is 8.09. The number of para-hydroxylation sites is 1. The largest absolute Gasteiger partial charge is 0.545 e. The fraction of sp³-hybridized carbons (Fsp3) is 0.400. The summed E-state index contributed by atoms with van der Waals surface area (Å²) in [5, 5.41) is 0.724. The average Bonchev–Trinajstić information content (AvgIpc) is 2.17. The van der Waals surface area contributed by atoms with E-state index in [1.54, 1.807) is 0 Å². The lowest BCUT2D eigenvalue weighted by Gasteiger charge is -2.15. The molecule has 0 bridgehead atoms. The highest BCUT2D eigenvalue weighted by molar-refractivity contribution is 6.52. The van der Waals surface area contributed by atoms with Gasteiger partial charge in [0.15, 0.2) is 0 Å². The van der Waals surface area contributed by atoms with Gasteiger partial charge < -0.3 is 4.43 Å². The van der Waals surface area contributed by atoms with Gasteiger partial charge in [-0.2, -0.15) is 0 Å². The number of hydrogen-bond acceptors (Lipinski definition) is 1. The van der Waals surface area contributed by atoms with Gasteiger partial charge in [-0.25, -0.2) is 0 Å². The molecule has 0 aliphatic heterocycles. The summed E-state index contributed by atoms with van der Waals surface area (Å²) in [5.41, 5.74) is 0. The normalized spacial score (nSPS) is 10.5. The van der Waals surface area contributed by atoms with Gasteiger partial charge in [-0.05, 0) is 24.2 Å². The van der Waals surface area contributed by atoms with E-state index in [2.05, 4.69) is 13.8 Å². The van der Waals surface area contributed by atoms with Crippen LogP contribution in [-0.2, 0) is 0 Å². The maximum Gasteiger partial charge on any atom is 0.235 e. The number of rotatable bonds is 4. The lowest BCUT2D eigenvalue weighted by atomic mass is 10.3. The van der Waals surface area contributed by atoms with E-state index >= 15 is 0 Å². The molecule has 1 aromatic rings. The highest BCUT2D eigenvalue weighted by Crippen LogP contribution is 2.24. The van der Waals surface area contributed by atoms with E-state index in [0.29, 0.717) is 0 Å². The first-order chi connectivity index (χ1) is 6.27. The second kappa shape index (κ2) is 5.30. The molecule has 3 heteroatoms. The van der Waals surface area contributed by atoms with Crippen molar-refractivity contribution in [2.24, 2.45) is 0 Å². The van der Waals surface area contributed by atoms with Crippen LogP contribution in [0.2, 0.25) is 17.1 Å². The van der Waals surface area contributed by atoms with Crippen molar-refractivity contribution in [3.05, 3.63) is 29.3 Å². The molecule has 0 saturated heterocycles. The van der Waals surface area contributed by atoms with Crippen molar-refractivity contribution < 1.29 is 4.43 Å². The van der Waals surface area contributed by atoms with Gasteiger partial charge in [-0.1, -0.05) is 37.6 Å². The first kappa shape index (κ1) is 10.6. The molecular weight excluding hydrogens is 200 g/mol. The van der Waals surface area contributed by atoms with Crippen LogP contribution in [-0.4, -0.2) is 9.04 Å². The maximum absolute atomic E-state index is 5.98. The summed E-state index contributed by atoms with van der Waals surface area (Å²) in [6.07, 6.45) is 0. The third-order valence-electron chi connectivity index (χ3n) is 2.04. The molecule has 0 N–H and O–H groups in total. The van der Waals surface area contributed by atoms with Crippen molar-refractivity contribution >= 4 is 20.6 Å². The SMILES string of the molecule is CC[SiH](CC)Oc1ccccc1Cl. The lowest BCUT2D eigenvalue weighted by molar-refractivity contribution is 0.566. The second-order valence-corrected chi connectivity index (χ2v) is 6.51. The summed E-state index contributed by atoms with van der Waals surface area (Å²) < 4.78 is 5.85. The fourth-order valence-electron chi connectivity index (χ4n) is 1.18. The van der Waals surface area contributed by atoms with Crippen molar-refractivity contribution in [2.45, 2.75) is 25.9 Å². The van der Waals surface area contributed by atoms with Crippen LogP contribution in [0.3, 0.4) is 0 Å². The molecule has 1 rings (SSSR count). The molecule has 0 aliphatic rings. The maximum atomic E-state index is 5.98. The van der Waals surface area contributed by atoms with E-state index in [0.717, 1.165) is 22.9 Å². The molecule has 1 aromatic carbocycles. The topological polar surface area (TPSA) is 9.23 Å². The quantitative estimate of drug-likeness (QED) is 0.698. The van der Waals surface area contributed by atoms with Crippen LogP contribution in [0, 0.1) is 0 Å². The van der Waals surface area contributed by atoms with Crippen molar-refractivity contribution in [1.29, 1.82) is 0 Å². The Morgan fingerprint density at radius 2 is 1.85 bits per heavy atom. The monoisotopic (exact) mass is 214 g/mol. The summed E-state index contributed by atoms with van der Waals surface area (Å²) in [7, 11) is -1.03. The fourth-order valence-corrected chi connectivity index (χ4v) is 2.91. The molecule has 0 spiro atoms. The molecule has 13 heavy (non-hydrogen) atoms. The van der Waals surface area contributed by atoms with Crippen LogP contribution in [0.5, 0.6) is 5.75 Å². The van der Waals surface area contributed by atoms with Crippen molar-refractivity contribution in [3.8, 4) is 5.75 Å². The van der Waals surface area contributed by atoms with Gasteiger partial charge in [0.2, 0.25) is 9.04 Å². The predicted molar refractivity (Wildman–Crippen MR) is 60.2 cm³/mol. The first-order valence-corrected chi connectivity index (χ1v) is 7.17. The van der Waals surface area contributed by atoms with E-state index < -0.39 is 9.04 Å². The summed E-state index contributed by atoms with van der Waals surface area (Å²) in [6, 6.07) is 9.99. The minimum absolute atomic E-state index is 0.724. The number of benzene rings is 1. The van der Waals surface area contributed by atoms with E-state index in [9.17, 15) is 0 Å². The third kappa shape index (κ3) is 3.05. The summed E-state index contributed by atoms with van der Waals surface area (Å²) in [6.45, 7) is 4.36. The van der Waals surface area contributed by atoms with Crippen LogP contribution in [0.1, 0.15) is 13.8 Å². The van der Waals surface area contributed by atoms with Crippen molar-refractivity contribution in [1.82, 2.24) is 0 Å². The summed E-state index contributed by atoms with van der Waals surface area (Å²) in [5.74, 6) is 0.851. The minimum atomic E-state index is -1.03. The highest BCUT2D eigenvalue weighted by atomic mass is 35.5. The van der Waals surface area contributed by atoms with Gasteiger partial charge >= 0.3 is 0 Å². The Kier molecular flexibility index (Phi) is 4.32. The zero-order valence-corrected chi connectivity index (χ0v) is 10.00. The molecule has 0 atom stereocenters. The Morgan fingerprint density at radius 3 is 2.38 bits per heavy atom. The Labute approximate surface area is 86.4 Å². The molecule has 0 unspecified atom stereocenters. The molecular formula is C10H15ClOSi. The standard InChI is InChI=1S/C10H15ClOSi/c1-3-13(4-2)12-10-8-6-5-7-9(10)11/h5-8,13H,3-4H2,1-2H3. The Balaban J connectivity index is 2.67. The van der Waals surface area contributed by atoms with Gasteiger partial charge in [0.25, 0.3) is 0 Å². The van der Waals surface area contributed by atoms with Crippen LogP contribution in [0.25, 0.3) is 0 Å². The second-order valence-electron chi connectivity index (χ2n) is 2.99. The molecule has 0 amide bonds. The van der Waals surface area contributed by atoms with Crippen molar-refractivity contribution in [3.63, 3.8) is 0 Å². The third-order valence-corrected chi connectivity index (χ3v) is 4.76. The smallest absolute Gasteiger partial charge is 0.235 e. The van der Waals surface area contributed by atoms with Crippen molar-refractivity contribution in [2.75, 3.05) is 0 Å². The molecule has 0 fully saturated rings. The van der Waals surface area contributed by atoms with Gasteiger partial charge in [0.1, 0.15) is 5.75 Å². The highest BCUT2D eigenvalue weighted by Gasteiger charge is 2.09. The van der Waals surface area contributed by atoms with E-state index in [1.165, 1.54) is 0 Å². The molecule has 72 valence electrons. The van der Waals surface area contributed by atoms with Crippen LogP contribution >= 0.6 is 11.6 Å². The minimum Gasteiger partial charge on any atom is -0.545 e. The van der Waals surface area contributed by atoms with Gasteiger partial charge in [0.05, 0.1) is 5.02 Å². The van der Waals surface area contributed by atoms with Gasteiger partial charge in [0, 0.05) is 0 Å². The van der Waals surface area contributed by atoms with Gasteiger partial charge in [-0.15, -0.1) is 0 Å².